The van der Waals surface area contributed by atoms with Crippen molar-refractivity contribution < 1.29 is 9.18 Å². The monoisotopic (exact) mass is 358 g/mol. The van der Waals surface area contributed by atoms with Gasteiger partial charge in [0.1, 0.15) is 11.5 Å². The van der Waals surface area contributed by atoms with Crippen LogP contribution in [0.15, 0.2) is 28.9 Å². The Bertz CT molecular complexity index is 655. The van der Waals surface area contributed by atoms with Crippen molar-refractivity contribution >= 4 is 33.3 Å². The van der Waals surface area contributed by atoms with Crippen LogP contribution in [0, 0.1) is 5.82 Å². The van der Waals surface area contributed by atoms with Crippen LogP contribution in [0.1, 0.15) is 35.9 Å². The number of carbonyl (C=O) groups excluding carboxylic acids is 1. The number of benzene rings is 1. The third kappa shape index (κ3) is 2.94. The van der Waals surface area contributed by atoms with E-state index in [0.717, 1.165) is 0 Å². The summed E-state index contributed by atoms with van der Waals surface area (Å²) < 4.78 is 16.1. The first kappa shape index (κ1) is 15.2. The van der Waals surface area contributed by atoms with Crippen molar-refractivity contribution in [1.29, 1.82) is 0 Å². The quantitative estimate of drug-likeness (QED) is 0.756. The SMILES string of the molecule is CC(C)n1ncc(Br)c1C(=O)Cc1cccc(Cl)c1F. The van der Waals surface area contributed by atoms with E-state index in [1.807, 2.05) is 13.8 Å². The van der Waals surface area contributed by atoms with E-state index in [2.05, 4.69) is 21.0 Å². The predicted molar refractivity (Wildman–Crippen MR) is 79.8 cm³/mol. The summed E-state index contributed by atoms with van der Waals surface area (Å²) in [7, 11) is 0. The van der Waals surface area contributed by atoms with Crippen molar-refractivity contribution in [2.45, 2.75) is 26.3 Å². The van der Waals surface area contributed by atoms with E-state index in [4.69, 9.17) is 11.6 Å². The minimum Gasteiger partial charge on any atom is -0.292 e. The van der Waals surface area contributed by atoms with Gasteiger partial charge in [0, 0.05) is 12.5 Å². The molecule has 0 amide bonds. The molecule has 1 aromatic heterocycles. The van der Waals surface area contributed by atoms with Gasteiger partial charge in [-0.1, -0.05) is 23.7 Å². The maximum atomic E-state index is 13.8. The fraction of sp³-hybridized carbons (Fsp3) is 0.286. The Hall–Kier alpha value is -1.20. The van der Waals surface area contributed by atoms with E-state index >= 15 is 0 Å². The van der Waals surface area contributed by atoms with Gasteiger partial charge in [-0.2, -0.15) is 5.10 Å². The molecule has 20 heavy (non-hydrogen) atoms. The molecule has 3 nitrogen and oxygen atoms in total. The van der Waals surface area contributed by atoms with Gasteiger partial charge in [-0.3, -0.25) is 9.48 Å². The fourth-order valence-corrected chi connectivity index (χ4v) is 2.62. The maximum Gasteiger partial charge on any atom is 0.186 e. The zero-order chi connectivity index (χ0) is 14.9. The molecule has 0 aliphatic heterocycles. The topological polar surface area (TPSA) is 34.9 Å². The van der Waals surface area contributed by atoms with Gasteiger partial charge in [0.2, 0.25) is 0 Å². The number of Topliss-reactive ketones (excluding diaryl/α,β-unsaturated/α-hetero) is 1. The average Bonchev–Trinajstić information content (AvgIpc) is 2.77. The van der Waals surface area contributed by atoms with Crippen LogP contribution in [0.2, 0.25) is 5.02 Å². The molecule has 0 aliphatic carbocycles. The van der Waals surface area contributed by atoms with Crippen LogP contribution in [-0.4, -0.2) is 15.6 Å². The number of hydrogen-bond donors (Lipinski definition) is 0. The third-order valence-corrected chi connectivity index (χ3v) is 3.76. The summed E-state index contributed by atoms with van der Waals surface area (Å²) in [6, 6.07) is 4.69. The summed E-state index contributed by atoms with van der Waals surface area (Å²) in [6.45, 7) is 3.85. The van der Waals surface area contributed by atoms with Crippen molar-refractivity contribution in [2.75, 3.05) is 0 Å². The molecule has 0 unspecified atom stereocenters. The Kier molecular flexibility index (Phi) is 4.60. The van der Waals surface area contributed by atoms with Crippen LogP contribution in [0.3, 0.4) is 0 Å². The number of rotatable bonds is 4. The highest BCUT2D eigenvalue weighted by atomic mass is 79.9. The Morgan fingerprint density at radius 3 is 2.85 bits per heavy atom. The van der Waals surface area contributed by atoms with Crippen molar-refractivity contribution in [3.63, 3.8) is 0 Å². The molecule has 0 spiro atoms. The predicted octanol–water partition coefficient (Wildman–Crippen LogP) is 4.44. The molecule has 1 aromatic carbocycles. The second-order valence-corrected chi connectivity index (χ2v) is 5.95. The maximum absolute atomic E-state index is 13.8. The number of ketones is 1. The lowest BCUT2D eigenvalue weighted by Crippen LogP contribution is -2.15. The van der Waals surface area contributed by atoms with Crippen molar-refractivity contribution in [1.82, 2.24) is 9.78 Å². The lowest BCUT2D eigenvalue weighted by molar-refractivity contribution is 0.0979. The van der Waals surface area contributed by atoms with Gasteiger partial charge in [-0.25, -0.2) is 4.39 Å². The van der Waals surface area contributed by atoms with E-state index in [9.17, 15) is 9.18 Å². The summed E-state index contributed by atoms with van der Waals surface area (Å²) in [5.74, 6) is -0.751. The highest BCUT2D eigenvalue weighted by molar-refractivity contribution is 9.10. The van der Waals surface area contributed by atoms with Gasteiger partial charge in [0.05, 0.1) is 15.7 Å². The summed E-state index contributed by atoms with van der Waals surface area (Å²) in [5, 5.41) is 4.17. The van der Waals surface area contributed by atoms with Crippen LogP contribution in [0.5, 0.6) is 0 Å². The molecule has 0 aliphatic rings. The van der Waals surface area contributed by atoms with Crippen LogP contribution in [0.25, 0.3) is 0 Å². The van der Waals surface area contributed by atoms with E-state index in [1.165, 1.54) is 6.07 Å². The number of halogens is 3. The second kappa shape index (κ2) is 6.06. The Labute approximate surface area is 129 Å². The summed E-state index contributed by atoms with van der Waals surface area (Å²) in [5.41, 5.74) is 0.727. The second-order valence-electron chi connectivity index (χ2n) is 4.69. The van der Waals surface area contributed by atoms with Crippen LogP contribution >= 0.6 is 27.5 Å². The molecule has 106 valence electrons. The number of carbonyl (C=O) groups is 1. The fourth-order valence-electron chi connectivity index (χ4n) is 1.94. The van der Waals surface area contributed by atoms with Gasteiger partial charge in [0.25, 0.3) is 0 Å². The standard InChI is InChI=1S/C14H13BrClFN2O/c1-8(2)19-14(10(15)7-18-19)12(20)6-9-4-3-5-11(16)13(9)17/h3-5,7-8H,6H2,1-2H3. The highest BCUT2D eigenvalue weighted by Crippen LogP contribution is 2.23. The summed E-state index contributed by atoms with van der Waals surface area (Å²) >= 11 is 9.03. The number of nitrogens with zero attached hydrogens (tertiary/aromatic N) is 2. The molecule has 0 N–H and O–H groups in total. The number of aromatic nitrogens is 2. The van der Waals surface area contributed by atoms with E-state index < -0.39 is 5.82 Å². The van der Waals surface area contributed by atoms with Crippen LogP contribution < -0.4 is 0 Å². The van der Waals surface area contributed by atoms with Gasteiger partial charge < -0.3 is 0 Å². The van der Waals surface area contributed by atoms with E-state index in [1.54, 1.807) is 23.0 Å². The third-order valence-electron chi connectivity index (χ3n) is 2.89. The van der Waals surface area contributed by atoms with Crippen molar-refractivity contribution in [3.05, 3.63) is 51.0 Å². The van der Waals surface area contributed by atoms with E-state index in [-0.39, 0.29) is 28.8 Å². The molecule has 0 saturated heterocycles. The van der Waals surface area contributed by atoms with Crippen molar-refractivity contribution in [3.8, 4) is 0 Å². The molecule has 0 radical (unpaired) electrons. The molecule has 2 aromatic rings. The smallest absolute Gasteiger partial charge is 0.186 e. The number of hydrogen-bond acceptors (Lipinski definition) is 2. The lowest BCUT2D eigenvalue weighted by Gasteiger charge is -2.11. The normalized spacial score (nSPS) is 11.1. The first-order chi connectivity index (χ1) is 9.41. The summed E-state index contributed by atoms with van der Waals surface area (Å²) in [6.07, 6.45) is 1.52. The molecule has 1 heterocycles. The molecule has 2 rings (SSSR count). The largest absolute Gasteiger partial charge is 0.292 e. The minimum absolute atomic E-state index is 0.0201. The molecule has 0 bridgehead atoms. The first-order valence-electron chi connectivity index (χ1n) is 6.11. The Balaban J connectivity index is 2.34. The van der Waals surface area contributed by atoms with Gasteiger partial charge >= 0.3 is 0 Å². The van der Waals surface area contributed by atoms with Crippen LogP contribution in [0.4, 0.5) is 4.39 Å². The Morgan fingerprint density at radius 1 is 1.50 bits per heavy atom. The zero-order valence-corrected chi connectivity index (χ0v) is 13.4. The average molecular weight is 360 g/mol. The first-order valence-corrected chi connectivity index (χ1v) is 7.28. The van der Waals surface area contributed by atoms with Crippen LogP contribution in [-0.2, 0) is 6.42 Å². The van der Waals surface area contributed by atoms with E-state index in [0.29, 0.717) is 10.2 Å². The molecular formula is C14H13BrClFN2O. The van der Waals surface area contributed by atoms with Gasteiger partial charge in [-0.15, -0.1) is 0 Å². The lowest BCUT2D eigenvalue weighted by atomic mass is 10.1. The summed E-state index contributed by atoms with van der Waals surface area (Å²) in [4.78, 5) is 12.4. The van der Waals surface area contributed by atoms with Crippen molar-refractivity contribution in [2.24, 2.45) is 0 Å². The molecule has 0 fully saturated rings. The van der Waals surface area contributed by atoms with Gasteiger partial charge in [-0.05, 0) is 41.4 Å². The molecule has 0 saturated carbocycles. The molecule has 6 heteroatoms. The zero-order valence-electron chi connectivity index (χ0n) is 11.0. The molecular weight excluding hydrogens is 347 g/mol. The minimum atomic E-state index is -0.547. The Morgan fingerprint density at radius 2 is 2.20 bits per heavy atom. The van der Waals surface area contributed by atoms with Gasteiger partial charge in [0.15, 0.2) is 5.78 Å². The molecule has 0 atom stereocenters. The highest BCUT2D eigenvalue weighted by Gasteiger charge is 2.20.